The number of hydrogen-bond donors (Lipinski definition) is 2. The molecular formula is C11H23NOS. The summed E-state index contributed by atoms with van der Waals surface area (Å²) in [5.74, 6) is 2.55. The zero-order valence-electron chi connectivity index (χ0n) is 9.28. The van der Waals surface area contributed by atoms with Crippen molar-refractivity contribution >= 4 is 11.8 Å². The summed E-state index contributed by atoms with van der Waals surface area (Å²) in [6, 6.07) is 0.217. The van der Waals surface area contributed by atoms with Crippen LogP contribution in [-0.2, 0) is 0 Å². The van der Waals surface area contributed by atoms with Gasteiger partial charge in [-0.2, -0.15) is 11.8 Å². The van der Waals surface area contributed by atoms with Crippen LogP contribution in [-0.4, -0.2) is 28.8 Å². The maximum absolute atomic E-state index is 9.26. The molecule has 0 heterocycles. The molecule has 84 valence electrons. The van der Waals surface area contributed by atoms with Gasteiger partial charge in [-0.3, -0.25) is 0 Å². The standard InChI is InChI=1S/C11H23NOS/c1-3-8(2)7-14-10(6-13)11(12)9-4-5-9/h8-11,13H,3-7,12H2,1-2H3. The number of aliphatic hydroxyl groups is 1. The van der Waals surface area contributed by atoms with E-state index in [4.69, 9.17) is 5.73 Å². The van der Waals surface area contributed by atoms with Crippen LogP contribution < -0.4 is 5.73 Å². The molecule has 0 radical (unpaired) electrons. The van der Waals surface area contributed by atoms with Crippen LogP contribution in [0.1, 0.15) is 33.1 Å². The highest BCUT2D eigenvalue weighted by molar-refractivity contribution is 8.00. The van der Waals surface area contributed by atoms with Gasteiger partial charge in [0.25, 0.3) is 0 Å². The number of nitrogens with two attached hydrogens (primary N) is 1. The van der Waals surface area contributed by atoms with Gasteiger partial charge in [0.1, 0.15) is 0 Å². The summed E-state index contributed by atoms with van der Waals surface area (Å²) in [6.07, 6.45) is 3.74. The number of rotatable bonds is 7. The van der Waals surface area contributed by atoms with E-state index in [0.717, 1.165) is 11.7 Å². The van der Waals surface area contributed by atoms with Crippen molar-refractivity contribution in [2.24, 2.45) is 17.6 Å². The van der Waals surface area contributed by atoms with Crippen molar-refractivity contribution in [1.82, 2.24) is 0 Å². The highest BCUT2D eigenvalue weighted by Gasteiger charge is 2.33. The minimum atomic E-state index is 0.217. The largest absolute Gasteiger partial charge is 0.395 e. The number of hydrogen-bond acceptors (Lipinski definition) is 3. The van der Waals surface area contributed by atoms with Gasteiger partial charge in [0, 0.05) is 11.3 Å². The van der Waals surface area contributed by atoms with Crippen molar-refractivity contribution < 1.29 is 5.11 Å². The first-order valence-electron chi connectivity index (χ1n) is 5.67. The van der Waals surface area contributed by atoms with Gasteiger partial charge in [-0.25, -0.2) is 0 Å². The smallest absolute Gasteiger partial charge is 0.0565 e. The third-order valence-electron chi connectivity index (χ3n) is 3.07. The lowest BCUT2D eigenvalue weighted by Gasteiger charge is -2.22. The molecule has 0 aliphatic heterocycles. The van der Waals surface area contributed by atoms with E-state index in [9.17, 15) is 5.11 Å². The SMILES string of the molecule is CCC(C)CSC(CO)C(N)C1CC1. The molecule has 0 aromatic carbocycles. The second kappa shape index (κ2) is 5.99. The van der Waals surface area contributed by atoms with Crippen LogP contribution in [0.4, 0.5) is 0 Å². The predicted octanol–water partition coefficient (Wildman–Crippen LogP) is 1.86. The molecule has 14 heavy (non-hydrogen) atoms. The van der Waals surface area contributed by atoms with Gasteiger partial charge in [-0.1, -0.05) is 20.3 Å². The maximum Gasteiger partial charge on any atom is 0.0565 e. The highest BCUT2D eigenvalue weighted by atomic mass is 32.2. The fraction of sp³-hybridized carbons (Fsp3) is 1.00. The Morgan fingerprint density at radius 3 is 2.57 bits per heavy atom. The van der Waals surface area contributed by atoms with E-state index in [0.29, 0.717) is 5.92 Å². The Morgan fingerprint density at radius 2 is 2.14 bits per heavy atom. The number of thioether (sulfide) groups is 1. The Bertz CT molecular complexity index is 161. The van der Waals surface area contributed by atoms with Crippen molar-refractivity contribution in [2.75, 3.05) is 12.4 Å². The van der Waals surface area contributed by atoms with Crippen molar-refractivity contribution in [2.45, 2.75) is 44.4 Å². The van der Waals surface area contributed by atoms with Crippen molar-refractivity contribution in [3.05, 3.63) is 0 Å². The minimum Gasteiger partial charge on any atom is -0.395 e. The second-order valence-electron chi connectivity index (χ2n) is 4.48. The van der Waals surface area contributed by atoms with Gasteiger partial charge in [0.05, 0.1) is 6.61 Å². The first-order chi connectivity index (χ1) is 6.69. The Labute approximate surface area is 91.6 Å². The molecule has 3 N–H and O–H groups in total. The fourth-order valence-electron chi connectivity index (χ4n) is 1.48. The van der Waals surface area contributed by atoms with E-state index in [1.165, 1.54) is 19.3 Å². The van der Waals surface area contributed by atoms with Crippen LogP contribution in [0.25, 0.3) is 0 Å². The third kappa shape index (κ3) is 3.79. The van der Waals surface area contributed by atoms with Crippen LogP contribution in [0, 0.1) is 11.8 Å². The Balaban J connectivity index is 2.23. The molecule has 0 spiro atoms. The fourth-order valence-corrected chi connectivity index (χ4v) is 2.84. The molecule has 0 aromatic heterocycles. The van der Waals surface area contributed by atoms with Crippen molar-refractivity contribution in [1.29, 1.82) is 0 Å². The summed E-state index contributed by atoms with van der Waals surface area (Å²) < 4.78 is 0. The van der Waals surface area contributed by atoms with Crippen LogP contribution in [0.3, 0.4) is 0 Å². The average molecular weight is 217 g/mol. The maximum atomic E-state index is 9.26. The van der Waals surface area contributed by atoms with Crippen LogP contribution in [0.15, 0.2) is 0 Å². The summed E-state index contributed by atoms with van der Waals surface area (Å²) in [7, 11) is 0. The van der Waals surface area contributed by atoms with Crippen LogP contribution in [0.2, 0.25) is 0 Å². The molecule has 1 fully saturated rings. The summed E-state index contributed by atoms with van der Waals surface area (Å²) in [4.78, 5) is 0. The molecular weight excluding hydrogens is 194 g/mol. The van der Waals surface area contributed by atoms with E-state index in [1.807, 2.05) is 11.8 Å². The van der Waals surface area contributed by atoms with E-state index >= 15 is 0 Å². The normalized spacial score (nSPS) is 23.1. The molecule has 3 heteroatoms. The zero-order valence-corrected chi connectivity index (χ0v) is 10.1. The monoisotopic (exact) mass is 217 g/mol. The lowest BCUT2D eigenvalue weighted by Crippen LogP contribution is -2.37. The van der Waals surface area contributed by atoms with Crippen molar-refractivity contribution in [3.63, 3.8) is 0 Å². The quantitative estimate of drug-likeness (QED) is 0.684. The van der Waals surface area contributed by atoms with Gasteiger partial charge in [0.15, 0.2) is 0 Å². The third-order valence-corrected chi connectivity index (χ3v) is 4.72. The van der Waals surface area contributed by atoms with E-state index in [2.05, 4.69) is 13.8 Å². The first kappa shape index (κ1) is 12.3. The summed E-state index contributed by atoms with van der Waals surface area (Å²) in [5.41, 5.74) is 6.08. The summed E-state index contributed by atoms with van der Waals surface area (Å²) in [6.45, 7) is 4.70. The van der Waals surface area contributed by atoms with Crippen molar-refractivity contribution in [3.8, 4) is 0 Å². The molecule has 0 bridgehead atoms. The molecule has 2 nitrogen and oxygen atoms in total. The van der Waals surface area contributed by atoms with Gasteiger partial charge in [-0.15, -0.1) is 0 Å². The topological polar surface area (TPSA) is 46.2 Å². The van der Waals surface area contributed by atoms with E-state index < -0.39 is 0 Å². The Kier molecular flexibility index (Phi) is 5.28. The summed E-state index contributed by atoms with van der Waals surface area (Å²) in [5, 5.41) is 9.52. The molecule has 0 amide bonds. The number of aliphatic hydroxyl groups excluding tert-OH is 1. The second-order valence-corrected chi connectivity index (χ2v) is 5.75. The van der Waals surface area contributed by atoms with E-state index in [-0.39, 0.29) is 17.9 Å². The first-order valence-corrected chi connectivity index (χ1v) is 6.72. The van der Waals surface area contributed by atoms with Crippen LogP contribution in [0.5, 0.6) is 0 Å². The molecule has 3 unspecified atom stereocenters. The lowest BCUT2D eigenvalue weighted by atomic mass is 10.1. The molecule has 0 aromatic rings. The lowest BCUT2D eigenvalue weighted by molar-refractivity contribution is 0.277. The van der Waals surface area contributed by atoms with Gasteiger partial charge in [-0.05, 0) is 30.4 Å². The Hall–Kier alpha value is 0.270. The average Bonchev–Trinajstić information content (AvgIpc) is 3.01. The molecule has 1 aliphatic rings. The zero-order chi connectivity index (χ0) is 10.6. The molecule has 0 saturated heterocycles. The van der Waals surface area contributed by atoms with Gasteiger partial charge in [0.2, 0.25) is 0 Å². The Morgan fingerprint density at radius 1 is 1.50 bits per heavy atom. The van der Waals surface area contributed by atoms with E-state index in [1.54, 1.807) is 0 Å². The minimum absolute atomic E-state index is 0.217. The predicted molar refractivity (Wildman–Crippen MR) is 63.5 cm³/mol. The van der Waals surface area contributed by atoms with Gasteiger partial charge >= 0.3 is 0 Å². The molecule has 1 aliphatic carbocycles. The molecule has 1 rings (SSSR count). The van der Waals surface area contributed by atoms with Crippen LogP contribution >= 0.6 is 11.8 Å². The molecule has 1 saturated carbocycles. The highest BCUT2D eigenvalue weighted by Crippen LogP contribution is 2.36. The summed E-state index contributed by atoms with van der Waals surface area (Å²) >= 11 is 1.86. The molecule has 3 atom stereocenters. The van der Waals surface area contributed by atoms with Gasteiger partial charge < -0.3 is 10.8 Å².